The lowest BCUT2D eigenvalue weighted by atomic mass is 9.40. The fourth-order valence-electron chi connectivity index (χ4n) is 8.35. The molecule has 0 aromatic heterocycles. The fraction of sp³-hybridized carbons (Fsp3) is 0.909. The molecule has 4 aliphatic rings. The standard InChI is InChI=1S/C22H34O4/c1-14(23)26-17-12-22-11-7-15-20(3,8-5-9-21(15,4)18(24)25)16(22)6-10-19(17,2)13-22/h15-17H,5-13H2,1-4H3,(H,24,25)/t15-,16?,17+,19+,20+,21+,22+/m1/s1. The van der Waals surface area contributed by atoms with Crippen molar-refractivity contribution < 1.29 is 19.4 Å². The van der Waals surface area contributed by atoms with E-state index in [9.17, 15) is 14.7 Å². The maximum absolute atomic E-state index is 12.2. The second-order valence-electron chi connectivity index (χ2n) is 10.8. The molecule has 4 aliphatic carbocycles. The number of aliphatic carboxylic acids is 1. The van der Waals surface area contributed by atoms with Gasteiger partial charge in [-0.25, -0.2) is 0 Å². The third-order valence-electron chi connectivity index (χ3n) is 9.37. The molecular weight excluding hydrogens is 328 g/mol. The van der Waals surface area contributed by atoms with Gasteiger partial charge in [-0.3, -0.25) is 9.59 Å². The fourth-order valence-corrected chi connectivity index (χ4v) is 8.35. The van der Waals surface area contributed by atoms with Crippen molar-refractivity contribution in [2.75, 3.05) is 0 Å². The van der Waals surface area contributed by atoms with E-state index in [1.165, 1.54) is 6.92 Å². The molecule has 4 fully saturated rings. The van der Waals surface area contributed by atoms with Crippen LogP contribution >= 0.6 is 0 Å². The van der Waals surface area contributed by atoms with Crippen molar-refractivity contribution in [1.82, 2.24) is 0 Å². The van der Waals surface area contributed by atoms with Gasteiger partial charge >= 0.3 is 11.9 Å². The molecule has 1 unspecified atom stereocenters. The van der Waals surface area contributed by atoms with Gasteiger partial charge in [0.05, 0.1) is 5.41 Å². The molecule has 7 atom stereocenters. The molecule has 4 saturated carbocycles. The van der Waals surface area contributed by atoms with Gasteiger partial charge in [0, 0.05) is 12.3 Å². The van der Waals surface area contributed by atoms with Gasteiger partial charge in [-0.2, -0.15) is 0 Å². The molecule has 146 valence electrons. The number of hydrogen-bond acceptors (Lipinski definition) is 3. The summed E-state index contributed by atoms with van der Waals surface area (Å²) in [5.74, 6) is 0.0809. The Kier molecular flexibility index (Phi) is 3.86. The largest absolute Gasteiger partial charge is 0.481 e. The summed E-state index contributed by atoms with van der Waals surface area (Å²) in [5.41, 5.74) is -0.120. The monoisotopic (exact) mass is 362 g/mol. The first kappa shape index (κ1) is 18.3. The third kappa shape index (κ3) is 2.26. The lowest BCUT2D eigenvalue weighted by Crippen LogP contribution is -2.58. The highest BCUT2D eigenvalue weighted by atomic mass is 16.5. The predicted octanol–water partition coefficient (Wildman–Crippen LogP) is 4.81. The Morgan fingerprint density at radius 1 is 1.00 bits per heavy atom. The zero-order chi connectivity index (χ0) is 19.0. The summed E-state index contributed by atoms with van der Waals surface area (Å²) < 4.78 is 5.79. The van der Waals surface area contributed by atoms with Crippen LogP contribution in [0.5, 0.6) is 0 Å². The first-order valence-electron chi connectivity index (χ1n) is 10.5. The first-order chi connectivity index (χ1) is 12.1. The van der Waals surface area contributed by atoms with Gasteiger partial charge < -0.3 is 9.84 Å². The molecule has 0 aromatic carbocycles. The van der Waals surface area contributed by atoms with Gasteiger partial charge in [-0.1, -0.05) is 20.3 Å². The Balaban J connectivity index is 1.69. The van der Waals surface area contributed by atoms with Crippen LogP contribution in [0.1, 0.15) is 85.5 Å². The molecular formula is C22H34O4. The van der Waals surface area contributed by atoms with E-state index in [0.717, 1.165) is 57.8 Å². The minimum atomic E-state index is -0.603. The molecule has 0 radical (unpaired) electrons. The van der Waals surface area contributed by atoms with E-state index < -0.39 is 11.4 Å². The zero-order valence-electron chi connectivity index (χ0n) is 16.8. The number of carboxylic acids is 1. The second kappa shape index (κ2) is 5.48. The molecule has 1 N–H and O–H groups in total. The SMILES string of the molecule is CC(=O)O[C@H]1C[C@]23CC[C@H]4[C@@](C)(C(=O)O)CCC[C@]4(C)C2CC[C@@]1(C)C3. The summed E-state index contributed by atoms with van der Waals surface area (Å²) >= 11 is 0. The molecule has 4 heteroatoms. The maximum atomic E-state index is 12.2. The molecule has 0 aliphatic heterocycles. The van der Waals surface area contributed by atoms with E-state index in [4.69, 9.17) is 4.74 Å². The number of carboxylic acid groups (broad SMARTS) is 1. The van der Waals surface area contributed by atoms with Crippen LogP contribution in [0.3, 0.4) is 0 Å². The molecule has 26 heavy (non-hydrogen) atoms. The Bertz CT molecular complexity index is 644. The topological polar surface area (TPSA) is 63.6 Å². The van der Waals surface area contributed by atoms with Gasteiger partial charge in [0.1, 0.15) is 6.10 Å². The number of carbonyl (C=O) groups excluding carboxylic acids is 1. The predicted molar refractivity (Wildman–Crippen MR) is 98.5 cm³/mol. The minimum Gasteiger partial charge on any atom is -0.481 e. The van der Waals surface area contributed by atoms with Crippen LogP contribution in [0.15, 0.2) is 0 Å². The second-order valence-corrected chi connectivity index (χ2v) is 10.8. The zero-order valence-corrected chi connectivity index (χ0v) is 16.8. The molecule has 1 spiro atoms. The third-order valence-corrected chi connectivity index (χ3v) is 9.37. The van der Waals surface area contributed by atoms with Gasteiger partial charge in [0.25, 0.3) is 0 Å². The normalized spacial score (nSPS) is 52.7. The van der Waals surface area contributed by atoms with Gasteiger partial charge in [0.15, 0.2) is 0 Å². The van der Waals surface area contributed by atoms with E-state index in [1.807, 2.05) is 6.92 Å². The van der Waals surface area contributed by atoms with Gasteiger partial charge in [-0.05, 0) is 81.0 Å². The van der Waals surface area contributed by atoms with Crippen LogP contribution in [-0.2, 0) is 14.3 Å². The number of fused-ring (bicyclic) bond motifs is 3. The number of ether oxygens (including phenoxy) is 1. The molecule has 4 nitrogen and oxygen atoms in total. The smallest absolute Gasteiger partial charge is 0.309 e. The molecule has 0 amide bonds. The lowest BCUT2D eigenvalue weighted by Gasteiger charge is -2.63. The summed E-state index contributed by atoms with van der Waals surface area (Å²) in [5, 5.41) is 10.0. The van der Waals surface area contributed by atoms with Gasteiger partial charge in [0.2, 0.25) is 0 Å². The molecule has 4 rings (SSSR count). The summed E-state index contributed by atoms with van der Waals surface area (Å²) in [6.07, 6.45) is 9.55. The Morgan fingerprint density at radius 2 is 1.69 bits per heavy atom. The highest BCUT2D eigenvalue weighted by molar-refractivity contribution is 5.75. The van der Waals surface area contributed by atoms with E-state index >= 15 is 0 Å². The number of carbonyl (C=O) groups is 2. The van der Waals surface area contributed by atoms with E-state index in [1.54, 1.807) is 0 Å². The first-order valence-corrected chi connectivity index (χ1v) is 10.5. The van der Waals surface area contributed by atoms with Crippen molar-refractivity contribution in [3.05, 3.63) is 0 Å². The Morgan fingerprint density at radius 3 is 2.35 bits per heavy atom. The van der Waals surface area contributed by atoms with Crippen LogP contribution in [0.2, 0.25) is 0 Å². The molecule has 0 saturated heterocycles. The van der Waals surface area contributed by atoms with Crippen molar-refractivity contribution in [3.63, 3.8) is 0 Å². The lowest BCUT2D eigenvalue weighted by molar-refractivity contribution is -0.182. The van der Waals surface area contributed by atoms with Crippen molar-refractivity contribution in [1.29, 1.82) is 0 Å². The number of hydrogen-bond donors (Lipinski definition) is 1. The molecule has 2 bridgehead atoms. The van der Waals surface area contributed by atoms with Crippen LogP contribution in [0.4, 0.5) is 0 Å². The quantitative estimate of drug-likeness (QED) is 0.716. The average molecular weight is 363 g/mol. The summed E-state index contributed by atoms with van der Waals surface area (Å²) in [7, 11) is 0. The average Bonchev–Trinajstić information content (AvgIpc) is 2.72. The highest BCUT2D eigenvalue weighted by Crippen LogP contribution is 2.74. The van der Waals surface area contributed by atoms with Crippen LogP contribution < -0.4 is 0 Å². The van der Waals surface area contributed by atoms with Crippen LogP contribution in [0, 0.1) is 33.5 Å². The number of esters is 1. The van der Waals surface area contributed by atoms with E-state index in [0.29, 0.717) is 5.92 Å². The minimum absolute atomic E-state index is 0.0413. The van der Waals surface area contributed by atoms with Crippen molar-refractivity contribution in [3.8, 4) is 0 Å². The van der Waals surface area contributed by atoms with Crippen molar-refractivity contribution >= 4 is 11.9 Å². The molecule has 0 heterocycles. The van der Waals surface area contributed by atoms with Crippen LogP contribution in [0.25, 0.3) is 0 Å². The Labute approximate surface area is 157 Å². The van der Waals surface area contributed by atoms with E-state index in [2.05, 4.69) is 13.8 Å². The highest BCUT2D eigenvalue weighted by Gasteiger charge is 2.68. The Hall–Kier alpha value is -1.06. The summed E-state index contributed by atoms with van der Waals surface area (Å²) in [6, 6.07) is 0. The maximum Gasteiger partial charge on any atom is 0.309 e. The number of rotatable bonds is 2. The summed E-state index contributed by atoms with van der Waals surface area (Å²) in [4.78, 5) is 23.8. The van der Waals surface area contributed by atoms with Crippen LogP contribution in [-0.4, -0.2) is 23.1 Å². The summed E-state index contributed by atoms with van der Waals surface area (Å²) in [6.45, 7) is 8.23. The van der Waals surface area contributed by atoms with E-state index in [-0.39, 0.29) is 34.2 Å². The molecule has 0 aromatic rings. The van der Waals surface area contributed by atoms with Crippen molar-refractivity contribution in [2.45, 2.75) is 91.6 Å². The van der Waals surface area contributed by atoms with Gasteiger partial charge in [-0.15, -0.1) is 0 Å². The van der Waals surface area contributed by atoms with Crippen molar-refractivity contribution in [2.24, 2.45) is 33.5 Å².